The molecule has 0 fully saturated rings. The van der Waals surface area contributed by atoms with Crippen molar-refractivity contribution in [3.63, 3.8) is 0 Å². The molecular weight excluding hydrogens is 218 g/mol. The molecule has 5 rings (SSSR count). The van der Waals surface area contributed by atoms with Crippen molar-refractivity contribution in [1.29, 1.82) is 0 Å². The summed E-state index contributed by atoms with van der Waals surface area (Å²) in [7, 11) is 0. The molecule has 0 amide bonds. The molecule has 0 aromatic carbocycles. The van der Waals surface area contributed by atoms with E-state index in [2.05, 4.69) is 6.08 Å². The van der Waals surface area contributed by atoms with Gasteiger partial charge in [-0.3, -0.25) is 9.90 Å². The zero-order chi connectivity index (χ0) is 11.4. The Kier molecular flexibility index (Phi) is 1.69. The smallest absolute Gasteiger partial charge is 0.336 e. The van der Waals surface area contributed by atoms with Crippen molar-refractivity contribution in [2.75, 3.05) is 0 Å². The van der Waals surface area contributed by atoms with Gasteiger partial charge in [-0.05, 0) is 18.9 Å². The van der Waals surface area contributed by atoms with Crippen LogP contribution in [0.25, 0.3) is 0 Å². The number of allylic oxidation sites excluding steroid dienone is 1. The van der Waals surface area contributed by atoms with E-state index in [0.29, 0.717) is 5.76 Å². The van der Waals surface area contributed by atoms with E-state index in [1.165, 1.54) is 6.08 Å². The van der Waals surface area contributed by atoms with Gasteiger partial charge < -0.3 is 4.74 Å². The third kappa shape index (κ3) is 1.18. The lowest BCUT2D eigenvalue weighted by Gasteiger charge is -2.30. The van der Waals surface area contributed by atoms with Gasteiger partial charge in [-0.15, -0.1) is 0 Å². The Balaban J connectivity index is 1.89. The predicted octanol–water partition coefficient (Wildman–Crippen LogP) is 1.59. The number of rotatable bonds is 0. The van der Waals surface area contributed by atoms with E-state index in [9.17, 15) is 4.79 Å². The van der Waals surface area contributed by atoms with Gasteiger partial charge in [0.05, 0.1) is 6.04 Å². The minimum atomic E-state index is -0.287. The number of esters is 1. The third-order valence-corrected chi connectivity index (χ3v) is 3.52. The minimum absolute atomic E-state index is 0.160. The highest BCUT2D eigenvalue weighted by Gasteiger charge is 2.40. The maximum atomic E-state index is 11.4. The average molecular weight is 229 g/mol. The van der Waals surface area contributed by atoms with Gasteiger partial charge in [-0.25, -0.2) is 4.79 Å². The molecule has 86 valence electrons. The first kappa shape index (κ1) is 9.24. The van der Waals surface area contributed by atoms with Crippen LogP contribution in [0, 0.1) is 0 Å². The van der Waals surface area contributed by atoms with Crippen LogP contribution in [0.4, 0.5) is 0 Å². The standard InChI is InChI=1S/C13H11NO3/c15-12-7-9-11-5-4-8(13(9)16-12)10-3-1-2-6-14(10)17-11/h2,4-7,10-11H,1,3H2. The molecule has 2 unspecified atom stereocenters. The second-order valence-corrected chi connectivity index (χ2v) is 4.53. The van der Waals surface area contributed by atoms with Crippen molar-refractivity contribution < 1.29 is 14.4 Å². The number of carbonyl (C=O) groups is 1. The predicted molar refractivity (Wildman–Crippen MR) is 59.2 cm³/mol. The Morgan fingerprint density at radius 3 is 3.29 bits per heavy atom. The Morgan fingerprint density at radius 1 is 1.41 bits per heavy atom. The Labute approximate surface area is 98.4 Å². The summed E-state index contributed by atoms with van der Waals surface area (Å²) in [6.45, 7) is 0. The van der Waals surface area contributed by atoms with Crippen LogP contribution in [0.5, 0.6) is 0 Å². The summed E-state index contributed by atoms with van der Waals surface area (Å²) in [4.78, 5) is 17.2. The molecule has 4 aliphatic heterocycles. The van der Waals surface area contributed by atoms with Crippen LogP contribution in [0.15, 0.2) is 47.4 Å². The molecule has 5 aliphatic rings. The fourth-order valence-electron chi connectivity index (χ4n) is 2.74. The molecule has 2 atom stereocenters. The van der Waals surface area contributed by atoms with Gasteiger partial charge in [0.25, 0.3) is 0 Å². The summed E-state index contributed by atoms with van der Waals surface area (Å²) in [5.41, 5.74) is 1.91. The molecule has 0 spiro atoms. The molecule has 0 aromatic rings. The highest BCUT2D eigenvalue weighted by atomic mass is 16.7. The maximum absolute atomic E-state index is 11.4. The van der Waals surface area contributed by atoms with Crippen LogP contribution in [0.1, 0.15) is 12.8 Å². The van der Waals surface area contributed by atoms with Crippen molar-refractivity contribution in [2.24, 2.45) is 0 Å². The van der Waals surface area contributed by atoms with Gasteiger partial charge in [0, 0.05) is 23.4 Å². The van der Waals surface area contributed by atoms with E-state index >= 15 is 0 Å². The number of nitrogens with zero attached hydrogens (tertiary/aromatic N) is 1. The van der Waals surface area contributed by atoms with E-state index in [4.69, 9.17) is 9.57 Å². The average Bonchev–Trinajstić information content (AvgIpc) is 2.58. The van der Waals surface area contributed by atoms with Gasteiger partial charge in [-0.2, -0.15) is 0 Å². The quantitative estimate of drug-likeness (QED) is 0.591. The zero-order valence-electron chi connectivity index (χ0n) is 9.13. The van der Waals surface area contributed by atoms with Crippen molar-refractivity contribution >= 4 is 5.97 Å². The third-order valence-electron chi connectivity index (χ3n) is 3.52. The number of hydrogen-bond donors (Lipinski definition) is 0. The number of hydrogen-bond acceptors (Lipinski definition) is 4. The van der Waals surface area contributed by atoms with Crippen LogP contribution < -0.4 is 0 Å². The second-order valence-electron chi connectivity index (χ2n) is 4.53. The molecule has 4 nitrogen and oxygen atoms in total. The largest absolute Gasteiger partial charge is 0.423 e. The van der Waals surface area contributed by atoms with Crippen molar-refractivity contribution in [2.45, 2.75) is 25.0 Å². The molecule has 17 heavy (non-hydrogen) atoms. The fourth-order valence-corrected chi connectivity index (χ4v) is 2.74. The highest BCUT2D eigenvalue weighted by Crippen LogP contribution is 2.40. The summed E-state index contributed by atoms with van der Waals surface area (Å²) in [6.07, 6.45) is 11.4. The number of ether oxygens (including phenoxy) is 1. The Hall–Kier alpha value is -1.81. The lowest BCUT2D eigenvalue weighted by atomic mass is 9.91. The molecule has 4 heteroatoms. The summed E-state index contributed by atoms with van der Waals surface area (Å²) >= 11 is 0. The molecule has 0 saturated carbocycles. The van der Waals surface area contributed by atoms with Crippen molar-refractivity contribution in [3.05, 3.63) is 47.4 Å². The summed E-state index contributed by atoms with van der Waals surface area (Å²) in [5, 5.41) is 1.88. The van der Waals surface area contributed by atoms with Crippen LogP contribution in [0.3, 0.4) is 0 Å². The summed E-state index contributed by atoms with van der Waals surface area (Å²) < 4.78 is 5.29. The first-order valence-electron chi connectivity index (χ1n) is 5.81. The summed E-state index contributed by atoms with van der Waals surface area (Å²) in [6, 6.07) is 0.160. The lowest BCUT2D eigenvalue weighted by Crippen LogP contribution is -2.33. The summed E-state index contributed by atoms with van der Waals surface area (Å²) in [5.74, 6) is 0.426. The highest BCUT2D eigenvalue weighted by molar-refractivity contribution is 5.89. The molecule has 4 heterocycles. The first-order valence-corrected chi connectivity index (χ1v) is 5.81. The minimum Gasteiger partial charge on any atom is -0.423 e. The van der Waals surface area contributed by atoms with Crippen molar-refractivity contribution in [3.8, 4) is 0 Å². The van der Waals surface area contributed by atoms with E-state index < -0.39 is 0 Å². The lowest BCUT2D eigenvalue weighted by molar-refractivity contribution is -0.153. The number of carbonyl (C=O) groups excluding carboxylic acids is 1. The number of hydroxylamine groups is 2. The molecule has 0 aromatic heterocycles. The monoisotopic (exact) mass is 229 g/mol. The molecule has 2 bridgehead atoms. The van der Waals surface area contributed by atoms with Gasteiger partial charge in [0.15, 0.2) is 0 Å². The normalized spacial score (nSPS) is 33.3. The topological polar surface area (TPSA) is 38.8 Å². The zero-order valence-corrected chi connectivity index (χ0v) is 9.13. The Morgan fingerprint density at radius 2 is 2.35 bits per heavy atom. The SMILES string of the molecule is O=C1C=C2C(=C3C=CC2ON2C=CCCC32)O1. The van der Waals surface area contributed by atoms with Crippen LogP contribution >= 0.6 is 0 Å². The van der Waals surface area contributed by atoms with Gasteiger partial charge in [0.2, 0.25) is 0 Å². The van der Waals surface area contributed by atoms with Crippen LogP contribution in [-0.4, -0.2) is 23.2 Å². The molecule has 0 radical (unpaired) electrons. The van der Waals surface area contributed by atoms with Crippen LogP contribution in [-0.2, 0) is 14.4 Å². The fraction of sp³-hybridized carbons (Fsp3) is 0.308. The van der Waals surface area contributed by atoms with E-state index in [1.807, 2.05) is 23.4 Å². The molecule has 0 saturated heterocycles. The molecular formula is C13H11NO3. The van der Waals surface area contributed by atoms with E-state index in [1.54, 1.807) is 0 Å². The van der Waals surface area contributed by atoms with Gasteiger partial charge in [0.1, 0.15) is 11.9 Å². The maximum Gasteiger partial charge on any atom is 0.336 e. The molecule has 1 aliphatic carbocycles. The van der Waals surface area contributed by atoms with E-state index in [-0.39, 0.29) is 18.1 Å². The Bertz CT molecular complexity index is 527. The second kappa shape index (κ2) is 3.11. The van der Waals surface area contributed by atoms with Gasteiger partial charge in [-0.1, -0.05) is 12.2 Å². The van der Waals surface area contributed by atoms with Gasteiger partial charge >= 0.3 is 5.97 Å². The van der Waals surface area contributed by atoms with Crippen molar-refractivity contribution in [1.82, 2.24) is 5.06 Å². The van der Waals surface area contributed by atoms with E-state index in [0.717, 1.165) is 24.0 Å². The van der Waals surface area contributed by atoms with Crippen LogP contribution in [0.2, 0.25) is 0 Å². The molecule has 0 N–H and O–H groups in total. The first-order chi connectivity index (χ1) is 8.33.